The second kappa shape index (κ2) is 14.3. The third-order valence-corrected chi connectivity index (χ3v) is 8.33. The molecular formula is C31H37Cl2N3O6S. The largest absolute Gasteiger partial charge is 0.497 e. The van der Waals surface area contributed by atoms with E-state index in [0.29, 0.717) is 21.4 Å². The van der Waals surface area contributed by atoms with Crippen LogP contribution >= 0.6 is 23.2 Å². The van der Waals surface area contributed by atoms with Gasteiger partial charge in [0.05, 0.1) is 26.2 Å². The molecule has 3 rings (SSSR count). The average molecular weight is 651 g/mol. The van der Waals surface area contributed by atoms with E-state index in [1.54, 1.807) is 24.3 Å². The Bertz CT molecular complexity index is 1520. The highest BCUT2D eigenvalue weighted by atomic mass is 35.5. The van der Waals surface area contributed by atoms with Crippen molar-refractivity contribution in [1.29, 1.82) is 0 Å². The second-order valence-corrected chi connectivity index (χ2v) is 13.7. The minimum Gasteiger partial charge on any atom is -0.497 e. The van der Waals surface area contributed by atoms with Crippen molar-refractivity contribution in [2.24, 2.45) is 0 Å². The number of halogens is 2. The van der Waals surface area contributed by atoms with Gasteiger partial charge in [0.25, 0.3) is 0 Å². The van der Waals surface area contributed by atoms with Gasteiger partial charge in [-0.25, -0.2) is 8.42 Å². The van der Waals surface area contributed by atoms with Crippen molar-refractivity contribution in [3.63, 3.8) is 0 Å². The smallest absolute Gasteiger partial charge is 0.244 e. The maximum Gasteiger partial charge on any atom is 0.244 e. The molecule has 0 saturated heterocycles. The van der Waals surface area contributed by atoms with Gasteiger partial charge in [-0.15, -0.1) is 0 Å². The van der Waals surface area contributed by atoms with Crippen molar-refractivity contribution < 1.29 is 27.5 Å². The lowest BCUT2D eigenvalue weighted by Crippen LogP contribution is -2.56. The third kappa shape index (κ3) is 9.26. The number of carbonyl (C=O) groups is 2. The van der Waals surface area contributed by atoms with Crippen LogP contribution in [-0.2, 0) is 32.6 Å². The zero-order valence-corrected chi connectivity index (χ0v) is 27.4. The number of ether oxygens (including phenoxy) is 2. The molecule has 2 amide bonds. The molecule has 0 radical (unpaired) electrons. The van der Waals surface area contributed by atoms with E-state index in [1.165, 1.54) is 31.3 Å². The molecule has 0 aliphatic carbocycles. The summed E-state index contributed by atoms with van der Waals surface area (Å²) in [6.07, 6.45) is 1.15. The van der Waals surface area contributed by atoms with E-state index in [4.69, 9.17) is 32.7 Å². The number of anilines is 1. The van der Waals surface area contributed by atoms with Crippen LogP contribution in [0, 0.1) is 0 Å². The van der Waals surface area contributed by atoms with Crippen molar-refractivity contribution in [1.82, 2.24) is 10.2 Å². The molecule has 0 aromatic heterocycles. The molecule has 9 nitrogen and oxygen atoms in total. The van der Waals surface area contributed by atoms with Gasteiger partial charge in [0.2, 0.25) is 21.8 Å². The summed E-state index contributed by atoms with van der Waals surface area (Å²) in [5.41, 5.74) is 0.747. The zero-order valence-electron chi connectivity index (χ0n) is 25.1. The van der Waals surface area contributed by atoms with Crippen LogP contribution in [0.15, 0.2) is 66.7 Å². The monoisotopic (exact) mass is 649 g/mol. The van der Waals surface area contributed by atoms with E-state index in [2.05, 4.69) is 5.32 Å². The Labute approximate surface area is 263 Å². The summed E-state index contributed by atoms with van der Waals surface area (Å²) in [6.45, 7) is 4.73. The van der Waals surface area contributed by atoms with Crippen molar-refractivity contribution >= 4 is 50.7 Å². The number of rotatable bonds is 12. The van der Waals surface area contributed by atoms with Crippen LogP contribution in [0.2, 0.25) is 10.0 Å². The van der Waals surface area contributed by atoms with Crippen LogP contribution in [0.1, 0.15) is 31.9 Å². The van der Waals surface area contributed by atoms with Gasteiger partial charge in [-0.1, -0.05) is 59.6 Å². The normalized spacial score (nSPS) is 12.3. The van der Waals surface area contributed by atoms with Crippen molar-refractivity contribution in [2.45, 2.75) is 45.3 Å². The molecule has 0 bridgehead atoms. The van der Waals surface area contributed by atoms with Crippen LogP contribution in [0.5, 0.6) is 11.5 Å². The predicted molar refractivity (Wildman–Crippen MR) is 171 cm³/mol. The summed E-state index contributed by atoms with van der Waals surface area (Å²) in [5, 5.41) is 3.58. The number of amides is 2. The van der Waals surface area contributed by atoms with Gasteiger partial charge in [0, 0.05) is 40.2 Å². The maximum absolute atomic E-state index is 14.3. The van der Waals surface area contributed by atoms with Gasteiger partial charge < -0.3 is 19.7 Å². The Hall–Kier alpha value is -3.47. The maximum atomic E-state index is 14.3. The summed E-state index contributed by atoms with van der Waals surface area (Å²) < 4.78 is 37.8. The standard InChI is InChI=1S/C31H37Cl2N3O6S/c1-31(2,3)34-30(38)27(17-21-11-8-7-9-12-21)35(19-23-24(32)13-10-14-25(23)33)29(37)20-36(43(6,39)40)26-16-15-22(41-4)18-28(26)42-5/h7-16,18,27H,17,19-20H2,1-6H3,(H,34,38)/t27-/m0/s1. The molecule has 0 saturated carbocycles. The van der Waals surface area contributed by atoms with Gasteiger partial charge in [-0.2, -0.15) is 0 Å². The minimum atomic E-state index is -4.01. The summed E-state index contributed by atoms with van der Waals surface area (Å²) in [4.78, 5) is 29.5. The molecule has 1 atom stereocenters. The topological polar surface area (TPSA) is 105 Å². The van der Waals surface area contributed by atoms with Crippen molar-refractivity contribution in [3.8, 4) is 11.5 Å². The van der Waals surface area contributed by atoms with Gasteiger partial charge in [-0.3, -0.25) is 13.9 Å². The first-order chi connectivity index (χ1) is 20.1. The number of hydrogen-bond acceptors (Lipinski definition) is 6. The number of benzene rings is 3. The lowest BCUT2D eigenvalue weighted by molar-refractivity contribution is -0.140. The SMILES string of the molecule is COc1ccc(N(CC(=O)N(Cc2c(Cl)cccc2Cl)[C@@H](Cc2ccccc2)C(=O)NC(C)(C)C)S(C)(=O)=O)c(OC)c1. The Morgan fingerprint density at radius 3 is 2.09 bits per heavy atom. The van der Waals surface area contributed by atoms with Gasteiger partial charge >= 0.3 is 0 Å². The molecule has 3 aromatic rings. The summed E-state index contributed by atoms with van der Waals surface area (Å²) in [7, 11) is -1.15. The van der Waals surface area contributed by atoms with Crippen LogP contribution in [-0.4, -0.2) is 63.7 Å². The lowest BCUT2D eigenvalue weighted by Gasteiger charge is -2.35. The highest BCUT2D eigenvalue weighted by Crippen LogP contribution is 2.34. The molecule has 0 aliphatic rings. The fourth-order valence-corrected chi connectivity index (χ4v) is 5.82. The molecule has 1 N–H and O–H groups in total. The zero-order chi connectivity index (χ0) is 31.9. The number of sulfonamides is 1. The fourth-order valence-electron chi connectivity index (χ4n) is 4.45. The molecule has 43 heavy (non-hydrogen) atoms. The molecule has 3 aromatic carbocycles. The van der Waals surface area contributed by atoms with E-state index in [0.717, 1.165) is 16.1 Å². The van der Waals surface area contributed by atoms with E-state index in [-0.39, 0.29) is 24.4 Å². The summed E-state index contributed by atoms with van der Waals surface area (Å²) in [5.74, 6) is -0.438. The molecule has 0 unspecified atom stereocenters. The van der Waals surface area contributed by atoms with E-state index < -0.39 is 40.0 Å². The van der Waals surface area contributed by atoms with Gasteiger partial charge in [-0.05, 0) is 50.6 Å². The Kier molecular flexibility index (Phi) is 11.3. The highest BCUT2D eigenvalue weighted by Gasteiger charge is 2.35. The Morgan fingerprint density at radius 1 is 0.930 bits per heavy atom. The number of methoxy groups -OCH3 is 2. The van der Waals surface area contributed by atoms with Gasteiger partial charge in [0.15, 0.2) is 0 Å². The molecule has 12 heteroatoms. The summed E-state index contributed by atoms with van der Waals surface area (Å²) >= 11 is 13.0. The van der Waals surface area contributed by atoms with Crippen molar-refractivity contribution in [3.05, 3.63) is 87.9 Å². The number of nitrogens with one attached hydrogen (secondary N) is 1. The number of nitrogens with zero attached hydrogens (tertiary/aromatic N) is 2. The second-order valence-electron chi connectivity index (χ2n) is 11.0. The third-order valence-electron chi connectivity index (χ3n) is 6.49. The Balaban J connectivity index is 2.16. The molecule has 0 aliphatic heterocycles. The lowest BCUT2D eigenvalue weighted by atomic mass is 10.0. The van der Waals surface area contributed by atoms with Crippen LogP contribution in [0.25, 0.3) is 0 Å². The molecule has 0 spiro atoms. The Morgan fingerprint density at radius 2 is 1.56 bits per heavy atom. The minimum absolute atomic E-state index is 0.133. The van der Waals surface area contributed by atoms with Crippen LogP contribution < -0.4 is 19.1 Å². The number of carbonyl (C=O) groups excluding carboxylic acids is 2. The molecular weight excluding hydrogens is 613 g/mol. The first-order valence-corrected chi connectivity index (χ1v) is 16.0. The van der Waals surface area contributed by atoms with Gasteiger partial charge in [0.1, 0.15) is 24.1 Å². The van der Waals surface area contributed by atoms with Crippen LogP contribution in [0.3, 0.4) is 0 Å². The van der Waals surface area contributed by atoms with E-state index in [1.807, 2.05) is 51.1 Å². The van der Waals surface area contributed by atoms with E-state index >= 15 is 0 Å². The average Bonchev–Trinajstić information content (AvgIpc) is 2.93. The first kappa shape index (κ1) is 34.0. The quantitative estimate of drug-likeness (QED) is 0.284. The number of hydrogen-bond donors (Lipinski definition) is 1. The molecule has 232 valence electrons. The highest BCUT2D eigenvalue weighted by molar-refractivity contribution is 7.92. The molecule has 0 fully saturated rings. The first-order valence-electron chi connectivity index (χ1n) is 13.4. The molecule has 0 heterocycles. The predicted octanol–water partition coefficient (Wildman–Crippen LogP) is 5.33. The van der Waals surface area contributed by atoms with E-state index in [9.17, 15) is 18.0 Å². The fraction of sp³-hybridized carbons (Fsp3) is 0.355. The van der Waals surface area contributed by atoms with Crippen molar-refractivity contribution in [2.75, 3.05) is 31.3 Å². The van der Waals surface area contributed by atoms with Crippen LogP contribution in [0.4, 0.5) is 5.69 Å². The summed E-state index contributed by atoms with van der Waals surface area (Å²) in [6, 6.07) is 17.7.